The van der Waals surface area contributed by atoms with Gasteiger partial charge >= 0.3 is 0 Å². The summed E-state index contributed by atoms with van der Waals surface area (Å²) in [6.45, 7) is 6.15. The molecule has 0 bridgehead atoms. The van der Waals surface area contributed by atoms with Crippen LogP contribution in [0.3, 0.4) is 0 Å². The molecule has 1 rings (SSSR count). The van der Waals surface area contributed by atoms with E-state index in [0.717, 1.165) is 24.6 Å². The number of thioether (sulfide) groups is 1. The molecule has 0 spiro atoms. The minimum absolute atomic E-state index is 0.561. The standard InChI is InChI=1S/C13H19NOS/c1-3-9-15-13-6-4-12(5-7-13)11-14-8-10-16-2/h3-7,14H,1,8-11H2,2H3. The highest BCUT2D eigenvalue weighted by molar-refractivity contribution is 7.98. The van der Waals surface area contributed by atoms with Crippen LogP contribution in [-0.2, 0) is 6.54 Å². The number of ether oxygens (including phenoxy) is 1. The zero-order valence-corrected chi connectivity index (χ0v) is 10.6. The van der Waals surface area contributed by atoms with E-state index < -0.39 is 0 Å². The molecule has 0 aliphatic carbocycles. The number of nitrogens with one attached hydrogen (secondary N) is 1. The molecule has 0 heterocycles. The summed E-state index contributed by atoms with van der Waals surface area (Å²) in [6, 6.07) is 8.17. The van der Waals surface area contributed by atoms with Gasteiger partial charge in [-0.2, -0.15) is 11.8 Å². The first kappa shape index (κ1) is 13.1. The summed E-state index contributed by atoms with van der Waals surface area (Å²) in [5, 5.41) is 3.39. The number of rotatable bonds is 8. The summed E-state index contributed by atoms with van der Waals surface area (Å²) in [4.78, 5) is 0. The molecule has 16 heavy (non-hydrogen) atoms. The van der Waals surface area contributed by atoms with Crippen molar-refractivity contribution < 1.29 is 4.74 Å². The highest BCUT2D eigenvalue weighted by Crippen LogP contribution is 2.11. The predicted octanol–water partition coefficient (Wildman–Crippen LogP) is 2.70. The molecule has 0 saturated carbocycles. The molecule has 0 aromatic heterocycles. The molecular weight excluding hydrogens is 218 g/mol. The third-order valence-electron chi connectivity index (χ3n) is 2.10. The minimum atomic E-state index is 0.561. The Morgan fingerprint density at radius 3 is 2.75 bits per heavy atom. The average Bonchev–Trinajstić information content (AvgIpc) is 2.33. The second-order valence-corrected chi connectivity index (χ2v) is 4.40. The average molecular weight is 237 g/mol. The molecule has 88 valence electrons. The predicted molar refractivity (Wildman–Crippen MR) is 72.2 cm³/mol. The summed E-state index contributed by atoms with van der Waals surface area (Å²) in [7, 11) is 0. The first-order valence-corrected chi connectivity index (χ1v) is 6.78. The van der Waals surface area contributed by atoms with Gasteiger partial charge in [0.15, 0.2) is 0 Å². The van der Waals surface area contributed by atoms with Crippen molar-refractivity contribution in [1.82, 2.24) is 5.32 Å². The highest BCUT2D eigenvalue weighted by atomic mass is 32.2. The lowest BCUT2D eigenvalue weighted by Gasteiger charge is -2.06. The molecule has 0 fully saturated rings. The molecule has 1 aromatic carbocycles. The van der Waals surface area contributed by atoms with Crippen LogP contribution in [0.4, 0.5) is 0 Å². The monoisotopic (exact) mass is 237 g/mol. The second kappa shape index (κ2) is 8.25. The molecule has 0 atom stereocenters. The third kappa shape index (κ3) is 5.24. The van der Waals surface area contributed by atoms with Crippen molar-refractivity contribution in [2.75, 3.05) is 25.2 Å². The Balaban J connectivity index is 2.30. The van der Waals surface area contributed by atoms with Crippen LogP contribution >= 0.6 is 11.8 Å². The van der Waals surface area contributed by atoms with E-state index in [1.807, 2.05) is 23.9 Å². The first-order valence-electron chi connectivity index (χ1n) is 5.39. The minimum Gasteiger partial charge on any atom is -0.490 e. The molecular formula is C13H19NOS. The fraction of sp³-hybridized carbons (Fsp3) is 0.385. The van der Waals surface area contributed by atoms with Crippen molar-refractivity contribution in [1.29, 1.82) is 0 Å². The molecule has 2 nitrogen and oxygen atoms in total. The Labute approximate surface area is 102 Å². The van der Waals surface area contributed by atoms with Gasteiger partial charge in [-0.1, -0.05) is 24.8 Å². The quantitative estimate of drug-likeness (QED) is 0.555. The zero-order valence-electron chi connectivity index (χ0n) is 9.74. The lowest BCUT2D eigenvalue weighted by molar-refractivity contribution is 0.363. The van der Waals surface area contributed by atoms with E-state index >= 15 is 0 Å². The van der Waals surface area contributed by atoms with Gasteiger partial charge in [0, 0.05) is 18.8 Å². The van der Waals surface area contributed by atoms with Gasteiger partial charge in [0.25, 0.3) is 0 Å². The smallest absolute Gasteiger partial charge is 0.119 e. The van der Waals surface area contributed by atoms with Crippen LogP contribution in [0.5, 0.6) is 5.75 Å². The van der Waals surface area contributed by atoms with E-state index in [1.54, 1.807) is 6.08 Å². The number of hydrogen-bond donors (Lipinski definition) is 1. The SMILES string of the molecule is C=CCOc1ccc(CNCCSC)cc1. The number of hydrogen-bond acceptors (Lipinski definition) is 3. The molecule has 1 N–H and O–H groups in total. The van der Waals surface area contributed by atoms with Gasteiger partial charge in [0.2, 0.25) is 0 Å². The van der Waals surface area contributed by atoms with Gasteiger partial charge in [-0.3, -0.25) is 0 Å². The Hall–Kier alpha value is -0.930. The molecule has 1 aromatic rings. The van der Waals surface area contributed by atoms with E-state index in [-0.39, 0.29) is 0 Å². The fourth-order valence-corrected chi connectivity index (χ4v) is 1.61. The lowest BCUT2D eigenvalue weighted by atomic mass is 10.2. The van der Waals surface area contributed by atoms with Gasteiger partial charge in [-0.05, 0) is 24.0 Å². The van der Waals surface area contributed by atoms with Crippen molar-refractivity contribution in [3.63, 3.8) is 0 Å². The summed E-state index contributed by atoms with van der Waals surface area (Å²) < 4.78 is 5.41. The first-order chi connectivity index (χ1) is 7.86. The Morgan fingerprint density at radius 2 is 2.12 bits per heavy atom. The molecule has 0 radical (unpaired) electrons. The van der Waals surface area contributed by atoms with Crippen LogP contribution in [0.15, 0.2) is 36.9 Å². The molecule has 0 aliphatic rings. The van der Waals surface area contributed by atoms with Gasteiger partial charge in [0.1, 0.15) is 12.4 Å². The maximum atomic E-state index is 5.41. The van der Waals surface area contributed by atoms with Crippen molar-refractivity contribution in [3.8, 4) is 5.75 Å². The third-order valence-corrected chi connectivity index (χ3v) is 2.72. The summed E-state index contributed by atoms with van der Waals surface area (Å²) in [5.74, 6) is 2.05. The van der Waals surface area contributed by atoms with E-state index in [4.69, 9.17) is 4.74 Å². The van der Waals surface area contributed by atoms with Crippen LogP contribution in [-0.4, -0.2) is 25.2 Å². The zero-order chi connectivity index (χ0) is 11.6. The van der Waals surface area contributed by atoms with Crippen molar-refractivity contribution in [2.24, 2.45) is 0 Å². The van der Waals surface area contributed by atoms with Gasteiger partial charge in [-0.25, -0.2) is 0 Å². The molecule has 0 amide bonds. The van der Waals surface area contributed by atoms with Crippen molar-refractivity contribution in [3.05, 3.63) is 42.5 Å². The van der Waals surface area contributed by atoms with Gasteiger partial charge < -0.3 is 10.1 Å². The van der Waals surface area contributed by atoms with E-state index in [1.165, 1.54) is 5.56 Å². The van der Waals surface area contributed by atoms with Crippen LogP contribution in [0.25, 0.3) is 0 Å². The van der Waals surface area contributed by atoms with Gasteiger partial charge in [0.05, 0.1) is 0 Å². The molecule has 0 unspecified atom stereocenters. The summed E-state index contributed by atoms with van der Waals surface area (Å²) in [6.07, 6.45) is 3.87. The second-order valence-electron chi connectivity index (χ2n) is 3.41. The van der Waals surface area contributed by atoms with Crippen LogP contribution in [0, 0.1) is 0 Å². The Morgan fingerprint density at radius 1 is 1.38 bits per heavy atom. The van der Waals surface area contributed by atoms with Crippen molar-refractivity contribution >= 4 is 11.8 Å². The Bertz CT molecular complexity index is 297. The molecule has 0 saturated heterocycles. The van der Waals surface area contributed by atoms with E-state index in [0.29, 0.717) is 6.61 Å². The summed E-state index contributed by atoms with van der Waals surface area (Å²) >= 11 is 1.86. The highest BCUT2D eigenvalue weighted by Gasteiger charge is 1.94. The van der Waals surface area contributed by atoms with Crippen LogP contribution in [0.2, 0.25) is 0 Å². The maximum absolute atomic E-state index is 5.41. The molecule has 3 heteroatoms. The van der Waals surface area contributed by atoms with E-state index in [9.17, 15) is 0 Å². The normalized spacial score (nSPS) is 10.1. The van der Waals surface area contributed by atoms with E-state index in [2.05, 4.69) is 30.3 Å². The fourth-order valence-electron chi connectivity index (χ4n) is 1.27. The maximum Gasteiger partial charge on any atom is 0.119 e. The van der Waals surface area contributed by atoms with Crippen LogP contribution in [0.1, 0.15) is 5.56 Å². The van der Waals surface area contributed by atoms with Crippen molar-refractivity contribution in [2.45, 2.75) is 6.54 Å². The largest absolute Gasteiger partial charge is 0.490 e. The topological polar surface area (TPSA) is 21.3 Å². The van der Waals surface area contributed by atoms with Gasteiger partial charge in [-0.15, -0.1) is 0 Å². The Kier molecular flexibility index (Phi) is 6.77. The van der Waals surface area contributed by atoms with Crippen LogP contribution < -0.4 is 10.1 Å². The summed E-state index contributed by atoms with van der Waals surface area (Å²) in [5.41, 5.74) is 1.28. The molecule has 0 aliphatic heterocycles. The number of benzene rings is 1. The lowest BCUT2D eigenvalue weighted by Crippen LogP contribution is -2.16.